The summed E-state index contributed by atoms with van der Waals surface area (Å²) in [6.07, 6.45) is 8.43. The van der Waals surface area contributed by atoms with Crippen LogP contribution in [0.4, 0.5) is 5.82 Å². The first kappa shape index (κ1) is 9.20. The number of nitrogens with zero attached hydrogens (tertiary/aromatic N) is 2. The predicted octanol–water partition coefficient (Wildman–Crippen LogP) is 2.56. The molecule has 0 aliphatic carbocycles. The molecule has 0 amide bonds. The molecular formula is C13H18N2. The lowest BCUT2D eigenvalue weighted by Crippen LogP contribution is -2.35. The summed E-state index contributed by atoms with van der Waals surface area (Å²) in [7, 11) is 0. The SMILES string of the molecule is CCc1ccnc2c1CCC1CCCN21. The zero-order chi connectivity index (χ0) is 10.3. The predicted molar refractivity (Wildman–Crippen MR) is 62.3 cm³/mol. The molecule has 2 aliphatic rings. The molecule has 2 aliphatic heterocycles. The summed E-state index contributed by atoms with van der Waals surface area (Å²) in [5, 5.41) is 0. The number of aromatic nitrogens is 1. The zero-order valence-corrected chi connectivity index (χ0v) is 9.37. The van der Waals surface area contributed by atoms with Crippen molar-refractivity contribution < 1.29 is 0 Å². The second-order valence-corrected chi connectivity index (χ2v) is 4.65. The summed E-state index contributed by atoms with van der Waals surface area (Å²) in [5.41, 5.74) is 3.03. The average Bonchev–Trinajstić information content (AvgIpc) is 2.76. The van der Waals surface area contributed by atoms with Gasteiger partial charge in [-0.05, 0) is 49.3 Å². The van der Waals surface area contributed by atoms with E-state index in [1.165, 1.54) is 49.2 Å². The summed E-state index contributed by atoms with van der Waals surface area (Å²) in [6.45, 7) is 3.46. The highest BCUT2D eigenvalue weighted by atomic mass is 15.2. The van der Waals surface area contributed by atoms with Crippen molar-refractivity contribution >= 4 is 5.82 Å². The Labute approximate surface area is 91.3 Å². The van der Waals surface area contributed by atoms with Crippen molar-refractivity contribution in [3.05, 3.63) is 23.4 Å². The molecule has 1 aromatic heterocycles. The Kier molecular flexibility index (Phi) is 2.15. The van der Waals surface area contributed by atoms with Gasteiger partial charge in [-0.15, -0.1) is 0 Å². The van der Waals surface area contributed by atoms with Crippen LogP contribution in [0.15, 0.2) is 12.3 Å². The largest absolute Gasteiger partial charge is 0.353 e. The smallest absolute Gasteiger partial charge is 0.132 e. The molecule has 15 heavy (non-hydrogen) atoms. The summed E-state index contributed by atoms with van der Waals surface area (Å²) in [4.78, 5) is 7.14. The van der Waals surface area contributed by atoms with Gasteiger partial charge in [0.15, 0.2) is 0 Å². The Balaban J connectivity index is 2.07. The lowest BCUT2D eigenvalue weighted by molar-refractivity contribution is 0.576. The van der Waals surface area contributed by atoms with Gasteiger partial charge < -0.3 is 4.90 Å². The molecular weight excluding hydrogens is 184 g/mol. The molecule has 1 aromatic rings. The minimum atomic E-state index is 0.789. The van der Waals surface area contributed by atoms with Gasteiger partial charge in [0.25, 0.3) is 0 Å². The minimum Gasteiger partial charge on any atom is -0.353 e. The maximum absolute atomic E-state index is 4.60. The van der Waals surface area contributed by atoms with E-state index in [2.05, 4.69) is 22.9 Å². The van der Waals surface area contributed by atoms with Crippen molar-refractivity contribution in [1.82, 2.24) is 4.98 Å². The van der Waals surface area contributed by atoms with E-state index in [0.717, 1.165) is 12.5 Å². The average molecular weight is 202 g/mol. The molecule has 3 heterocycles. The van der Waals surface area contributed by atoms with Crippen LogP contribution >= 0.6 is 0 Å². The molecule has 0 N–H and O–H groups in total. The second-order valence-electron chi connectivity index (χ2n) is 4.65. The van der Waals surface area contributed by atoms with Gasteiger partial charge in [-0.1, -0.05) is 6.92 Å². The van der Waals surface area contributed by atoms with Crippen molar-refractivity contribution in [3.8, 4) is 0 Å². The Hall–Kier alpha value is -1.05. The van der Waals surface area contributed by atoms with Gasteiger partial charge in [0.05, 0.1) is 0 Å². The maximum atomic E-state index is 4.60. The molecule has 0 spiro atoms. The van der Waals surface area contributed by atoms with Crippen molar-refractivity contribution in [2.75, 3.05) is 11.4 Å². The van der Waals surface area contributed by atoms with Gasteiger partial charge in [-0.25, -0.2) is 4.98 Å². The number of aryl methyl sites for hydroxylation is 1. The van der Waals surface area contributed by atoms with Crippen LogP contribution in [0, 0.1) is 0 Å². The van der Waals surface area contributed by atoms with Gasteiger partial charge in [0.1, 0.15) is 5.82 Å². The fraction of sp³-hybridized carbons (Fsp3) is 0.615. The lowest BCUT2D eigenvalue weighted by Gasteiger charge is -2.33. The van der Waals surface area contributed by atoms with Crippen molar-refractivity contribution in [3.63, 3.8) is 0 Å². The van der Waals surface area contributed by atoms with Crippen LogP contribution in [-0.4, -0.2) is 17.6 Å². The van der Waals surface area contributed by atoms with E-state index in [9.17, 15) is 0 Å². The summed E-state index contributed by atoms with van der Waals surface area (Å²) < 4.78 is 0. The first-order valence-electron chi connectivity index (χ1n) is 6.13. The molecule has 0 bridgehead atoms. The second kappa shape index (κ2) is 3.51. The van der Waals surface area contributed by atoms with Gasteiger partial charge in [0, 0.05) is 18.8 Å². The Bertz CT molecular complexity index is 373. The van der Waals surface area contributed by atoms with Gasteiger partial charge in [-0.3, -0.25) is 0 Å². The van der Waals surface area contributed by atoms with E-state index in [0.29, 0.717) is 0 Å². The van der Waals surface area contributed by atoms with Gasteiger partial charge in [0.2, 0.25) is 0 Å². The molecule has 2 heteroatoms. The Morgan fingerprint density at radius 3 is 3.27 bits per heavy atom. The fourth-order valence-electron chi connectivity index (χ4n) is 3.10. The quantitative estimate of drug-likeness (QED) is 0.695. The van der Waals surface area contributed by atoms with Crippen molar-refractivity contribution in [2.24, 2.45) is 0 Å². The minimum absolute atomic E-state index is 0.789. The first-order chi connectivity index (χ1) is 7.40. The van der Waals surface area contributed by atoms with Crippen LogP contribution in [0.25, 0.3) is 0 Å². The van der Waals surface area contributed by atoms with E-state index < -0.39 is 0 Å². The zero-order valence-electron chi connectivity index (χ0n) is 9.37. The van der Waals surface area contributed by atoms with Gasteiger partial charge in [-0.2, -0.15) is 0 Å². The third-order valence-corrected chi connectivity index (χ3v) is 3.89. The molecule has 0 radical (unpaired) electrons. The van der Waals surface area contributed by atoms with E-state index in [1.54, 1.807) is 0 Å². The molecule has 0 saturated carbocycles. The third kappa shape index (κ3) is 1.35. The highest BCUT2D eigenvalue weighted by molar-refractivity contribution is 5.54. The molecule has 3 rings (SSSR count). The monoisotopic (exact) mass is 202 g/mol. The van der Waals surface area contributed by atoms with Gasteiger partial charge >= 0.3 is 0 Å². The van der Waals surface area contributed by atoms with Crippen LogP contribution in [0.3, 0.4) is 0 Å². The van der Waals surface area contributed by atoms with Crippen molar-refractivity contribution in [1.29, 1.82) is 0 Å². The normalized spacial score (nSPS) is 23.8. The first-order valence-corrected chi connectivity index (χ1v) is 6.13. The fourth-order valence-corrected chi connectivity index (χ4v) is 3.10. The van der Waals surface area contributed by atoms with Crippen LogP contribution in [0.2, 0.25) is 0 Å². The van der Waals surface area contributed by atoms with E-state index >= 15 is 0 Å². The molecule has 1 fully saturated rings. The topological polar surface area (TPSA) is 16.1 Å². The van der Waals surface area contributed by atoms with Crippen LogP contribution < -0.4 is 4.90 Å². The maximum Gasteiger partial charge on any atom is 0.132 e. The summed E-state index contributed by atoms with van der Waals surface area (Å²) in [5.74, 6) is 1.29. The number of pyridine rings is 1. The highest BCUT2D eigenvalue weighted by Crippen LogP contribution is 2.36. The molecule has 1 atom stereocenters. The number of hydrogen-bond acceptors (Lipinski definition) is 2. The van der Waals surface area contributed by atoms with E-state index in [4.69, 9.17) is 0 Å². The number of anilines is 1. The summed E-state index contributed by atoms with van der Waals surface area (Å²) >= 11 is 0. The number of hydrogen-bond donors (Lipinski definition) is 0. The number of fused-ring (bicyclic) bond motifs is 3. The molecule has 2 nitrogen and oxygen atoms in total. The molecule has 1 unspecified atom stereocenters. The lowest BCUT2D eigenvalue weighted by atomic mass is 9.94. The van der Waals surface area contributed by atoms with E-state index in [1.807, 2.05) is 6.20 Å². The summed E-state index contributed by atoms with van der Waals surface area (Å²) in [6, 6.07) is 2.98. The Morgan fingerprint density at radius 2 is 2.40 bits per heavy atom. The molecule has 1 saturated heterocycles. The molecule has 80 valence electrons. The number of rotatable bonds is 1. The van der Waals surface area contributed by atoms with E-state index in [-0.39, 0.29) is 0 Å². The van der Waals surface area contributed by atoms with Crippen LogP contribution in [0.5, 0.6) is 0 Å². The Morgan fingerprint density at radius 1 is 1.47 bits per heavy atom. The third-order valence-electron chi connectivity index (χ3n) is 3.89. The standard InChI is InChI=1S/C13H18N2/c1-2-10-7-8-14-13-12(10)6-5-11-4-3-9-15(11)13/h7-8,11H,2-6,9H2,1H3. The van der Waals surface area contributed by atoms with Crippen LogP contribution in [-0.2, 0) is 12.8 Å². The van der Waals surface area contributed by atoms with Crippen LogP contribution in [0.1, 0.15) is 37.3 Å². The van der Waals surface area contributed by atoms with Crippen molar-refractivity contribution in [2.45, 2.75) is 45.1 Å². The molecule has 0 aromatic carbocycles. The highest BCUT2D eigenvalue weighted by Gasteiger charge is 2.31.